The van der Waals surface area contributed by atoms with Gasteiger partial charge in [-0.3, -0.25) is 9.48 Å². The van der Waals surface area contributed by atoms with Crippen LogP contribution in [0, 0.1) is 11.8 Å². The largest absolute Gasteiger partial charge is 0.481 e. The summed E-state index contributed by atoms with van der Waals surface area (Å²) >= 11 is 0. The van der Waals surface area contributed by atoms with E-state index in [-0.39, 0.29) is 12.1 Å². The zero-order valence-corrected chi connectivity index (χ0v) is 15.2. The fraction of sp³-hybridized carbons (Fsp3) is 0.706. The van der Waals surface area contributed by atoms with E-state index in [9.17, 15) is 22.8 Å². The number of likely N-dealkylation sites (tertiary alicyclic amines) is 1. The van der Waals surface area contributed by atoms with Gasteiger partial charge in [-0.1, -0.05) is 0 Å². The highest BCUT2D eigenvalue weighted by molar-refractivity contribution is 5.78. The molecule has 7 nitrogen and oxygen atoms in total. The van der Waals surface area contributed by atoms with Crippen molar-refractivity contribution in [3.63, 3.8) is 0 Å². The number of aromatic nitrogens is 2. The van der Waals surface area contributed by atoms with Crippen LogP contribution in [0.4, 0.5) is 18.0 Å². The molecule has 10 heteroatoms. The van der Waals surface area contributed by atoms with Gasteiger partial charge in [-0.05, 0) is 32.3 Å². The maximum absolute atomic E-state index is 13.1. The molecule has 0 aromatic carbocycles. The molecule has 2 heterocycles. The number of hydrogen-bond donors (Lipinski definition) is 2. The minimum Gasteiger partial charge on any atom is -0.481 e. The van der Waals surface area contributed by atoms with E-state index in [1.165, 1.54) is 0 Å². The Labute approximate surface area is 154 Å². The number of alkyl halides is 3. The van der Waals surface area contributed by atoms with E-state index in [2.05, 4.69) is 10.4 Å². The minimum atomic E-state index is -4.65. The summed E-state index contributed by atoms with van der Waals surface area (Å²) in [5.41, 5.74) is 2.15. The average Bonchev–Trinajstić information content (AvgIpc) is 3.18. The maximum atomic E-state index is 13.1. The van der Waals surface area contributed by atoms with Gasteiger partial charge in [0.2, 0.25) is 0 Å². The number of carboxylic acid groups (broad SMARTS) is 1. The van der Waals surface area contributed by atoms with Crippen molar-refractivity contribution in [2.24, 2.45) is 11.8 Å². The van der Waals surface area contributed by atoms with Gasteiger partial charge in [-0.15, -0.1) is 0 Å². The molecule has 2 N–H and O–H groups in total. The van der Waals surface area contributed by atoms with Crippen molar-refractivity contribution in [1.82, 2.24) is 20.0 Å². The summed E-state index contributed by atoms with van der Waals surface area (Å²) in [5.74, 6) is -5.20. The zero-order valence-electron chi connectivity index (χ0n) is 15.2. The van der Waals surface area contributed by atoms with Gasteiger partial charge in [0.05, 0.1) is 18.0 Å². The van der Waals surface area contributed by atoms with Crippen LogP contribution in [-0.4, -0.2) is 57.1 Å². The molecule has 1 aliphatic carbocycles. The van der Waals surface area contributed by atoms with Crippen molar-refractivity contribution < 1.29 is 27.9 Å². The molecule has 2 aliphatic rings. The first-order valence-electron chi connectivity index (χ1n) is 8.98. The lowest BCUT2D eigenvalue weighted by Gasteiger charge is -2.27. The summed E-state index contributed by atoms with van der Waals surface area (Å²) in [6.07, 6.45) is -0.879. The normalized spacial score (nSPS) is 25.6. The highest BCUT2D eigenvalue weighted by atomic mass is 19.4. The van der Waals surface area contributed by atoms with Gasteiger partial charge in [0, 0.05) is 37.3 Å². The van der Waals surface area contributed by atoms with E-state index < -0.39 is 43.1 Å². The lowest BCUT2D eigenvalue weighted by Crippen LogP contribution is -2.46. The fourth-order valence-electron chi connectivity index (χ4n) is 3.91. The van der Waals surface area contributed by atoms with Gasteiger partial charge in [0.15, 0.2) is 0 Å². The van der Waals surface area contributed by atoms with Gasteiger partial charge in [0.1, 0.15) is 0 Å². The lowest BCUT2D eigenvalue weighted by molar-refractivity contribution is -0.187. The molecule has 0 bridgehead atoms. The second-order valence-electron chi connectivity index (χ2n) is 7.54. The highest BCUT2D eigenvalue weighted by Crippen LogP contribution is 2.37. The quantitative estimate of drug-likeness (QED) is 0.831. The van der Waals surface area contributed by atoms with E-state index in [1.54, 1.807) is 0 Å². The third kappa shape index (κ3) is 3.89. The van der Waals surface area contributed by atoms with Crippen molar-refractivity contribution in [2.75, 3.05) is 13.1 Å². The fourth-order valence-corrected chi connectivity index (χ4v) is 3.91. The monoisotopic (exact) mass is 388 g/mol. The number of halogens is 3. The first-order valence-corrected chi connectivity index (χ1v) is 8.98. The average molecular weight is 388 g/mol. The molecule has 150 valence electrons. The molecule has 3 atom stereocenters. The van der Waals surface area contributed by atoms with E-state index in [0.29, 0.717) is 12.8 Å². The van der Waals surface area contributed by atoms with Gasteiger partial charge >= 0.3 is 18.2 Å². The summed E-state index contributed by atoms with van der Waals surface area (Å²) in [6.45, 7) is 2.94. The summed E-state index contributed by atoms with van der Waals surface area (Å²) < 4.78 is 41.1. The summed E-state index contributed by atoms with van der Waals surface area (Å²) in [4.78, 5) is 24.6. The molecule has 0 spiro atoms. The van der Waals surface area contributed by atoms with Crippen LogP contribution < -0.4 is 5.32 Å². The van der Waals surface area contributed by atoms with Crippen LogP contribution >= 0.6 is 0 Å². The van der Waals surface area contributed by atoms with Crippen molar-refractivity contribution in [1.29, 1.82) is 0 Å². The van der Waals surface area contributed by atoms with Crippen molar-refractivity contribution in [3.8, 4) is 0 Å². The topological polar surface area (TPSA) is 87.5 Å². The van der Waals surface area contributed by atoms with E-state index in [4.69, 9.17) is 5.11 Å². The molecular formula is C17H23F3N4O3. The molecule has 27 heavy (non-hydrogen) atoms. The van der Waals surface area contributed by atoms with Crippen LogP contribution in [0.2, 0.25) is 0 Å². The number of rotatable bonds is 3. The number of carboxylic acids is 1. The predicted molar refractivity (Wildman–Crippen MR) is 89.2 cm³/mol. The number of nitrogens with one attached hydrogen (secondary N) is 1. The summed E-state index contributed by atoms with van der Waals surface area (Å²) in [7, 11) is 0. The summed E-state index contributed by atoms with van der Waals surface area (Å²) in [6, 6.07) is -0.685. The Morgan fingerprint density at radius 2 is 2.04 bits per heavy atom. The number of amides is 2. The van der Waals surface area contributed by atoms with E-state index >= 15 is 0 Å². The van der Waals surface area contributed by atoms with Crippen molar-refractivity contribution in [2.45, 2.75) is 51.4 Å². The number of fused-ring (bicyclic) bond motifs is 1. The zero-order chi connectivity index (χ0) is 19.9. The molecule has 1 saturated heterocycles. The Balaban J connectivity index is 1.66. The molecule has 1 aromatic rings. The predicted octanol–water partition coefficient (Wildman–Crippen LogP) is 2.23. The van der Waals surface area contributed by atoms with Gasteiger partial charge < -0.3 is 15.3 Å². The first kappa shape index (κ1) is 19.5. The second kappa shape index (κ2) is 7.05. The number of carbonyl (C=O) groups excluding carboxylic acids is 1. The maximum Gasteiger partial charge on any atom is 0.394 e. The molecule has 1 aromatic heterocycles. The SMILES string of the molecule is CC(C)n1ncc2c1CC(NC(=O)N1C[C@@H](C(F)(F)F)[C@H](C(=O)O)C1)CC2. The number of aliphatic carboxylic acids is 1. The summed E-state index contributed by atoms with van der Waals surface area (Å²) in [5, 5.41) is 16.2. The Bertz CT molecular complexity index is 731. The number of carbonyl (C=O) groups is 2. The third-order valence-corrected chi connectivity index (χ3v) is 5.35. The van der Waals surface area contributed by atoms with E-state index in [0.717, 1.165) is 22.6 Å². The molecule has 1 fully saturated rings. The van der Waals surface area contributed by atoms with Crippen molar-refractivity contribution >= 4 is 12.0 Å². The Morgan fingerprint density at radius 3 is 2.59 bits per heavy atom. The van der Waals surface area contributed by atoms with Gasteiger partial charge in [0.25, 0.3) is 0 Å². The van der Waals surface area contributed by atoms with Crippen molar-refractivity contribution in [3.05, 3.63) is 17.5 Å². The van der Waals surface area contributed by atoms with E-state index in [1.807, 2.05) is 24.7 Å². The Hall–Kier alpha value is -2.26. The molecule has 1 unspecified atom stereocenters. The van der Waals surface area contributed by atoms with Gasteiger partial charge in [-0.25, -0.2) is 4.79 Å². The molecule has 0 saturated carbocycles. The third-order valence-electron chi connectivity index (χ3n) is 5.35. The number of urea groups is 1. The molecular weight excluding hydrogens is 365 g/mol. The second-order valence-corrected chi connectivity index (χ2v) is 7.54. The van der Waals surface area contributed by atoms with Gasteiger partial charge in [-0.2, -0.15) is 18.3 Å². The highest BCUT2D eigenvalue weighted by Gasteiger charge is 2.53. The number of aryl methyl sites for hydroxylation is 1. The van der Waals surface area contributed by atoms with Crippen LogP contribution in [0.3, 0.4) is 0 Å². The Kier molecular flexibility index (Phi) is 5.09. The number of hydrogen-bond acceptors (Lipinski definition) is 3. The van der Waals surface area contributed by atoms with Crippen LogP contribution in [0.15, 0.2) is 6.20 Å². The van der Waals surface area contributed by atoms with Crippen LogP contribution in [0.25, 0.3) is 0 Å². The standard InChI is InChI=1S/C17H23F3N4O3/c1-9(2)24-14-5-11(4-3-10(14)6-21-24)22-16(27)23-7-12(15(25)26)13(8-23)17(18,19)20/h6,9,11-13H,3-5,7-8H2,1-2H3,(H,22,27)(H,25,26)/t11?,12-,13-/m1/s1. The number of nitrogens with zero attached hydrogens (tertiary/aromatic N) is 3. The minimum absolute atomic E-state index is 0.172. The first-order chi connectivity index (χ1) is 12.6. The smallest absolute Gasteiger partial charge is 0.394 e. The van der Waals surface area contributed by atoms with Crippen LogP contribution in [0.1, 0.15) is 37.6 Å². The Morgan fingerprint density at radius 1 is 1.33 bits per heavy atom. The molecule has 2 amide bonds. The molecule has 1 aliphatic heterocycles. The van der Waals surface area contributed by atoms with Crippen LogP contribution in [0.5, 0.6) is 0 Å². The van der Waals surface area contributed by atoms with Crippen LogP contribution in [-0.2, 0) is 17.6 Å². The molecule has 0 radical (unpaired) electrons. The molecule has 3 rings (SSSR count). The lowest BCUT2D eigenvalue weighted by atomic mass is 9.93.